The van der Waals surface area contributed by atoms with Crippen molar-refractivity contribution in [2.75, 3.05) is 26.9 Å². The summed E-state index contributed by atoms with van der Waals surface area (Å²) < 4.78 is 20.9. The summed E-state index contributed by atoms with van der Waals surface area (Å²) in [6, 6.07) is 7.82. The number of hydrogen-bond donors (Lipinski definition) is 1. The van der Waals surface area contributed by atoms with E-state index in [0.717, 1.165) is 17.7 Å². The maximum atomic E-state index is 12.0. The minimum absolute atomic E-state index is 0.0576. The molecule has 33 heavy (non-hydrogen) atoms. The zero-order valence-corrected chi connectivity index (χ0v) is 20.4. The maximum absolute atomic E-state index is 12.0. The van der Waals surface area contributed by atoms with Crippen LogP contribution in [0.1, 0.15) is 71.3 Å². The SMILES string of the molecule is CCCCCCCOc1ccc(CCC(CCOC(C)=O)(COC(C)=O)NC(=O)OC)cc1. The lowest BCUT2D eigenvalue weighted by Crippen LogP contribution is -2.53. The Balaban J connectivity index is 2.75. The molecule has 0 aromatic heterocycles. The first kappa shape index (κ1) is 28.3. The summed E-state index contributed by atoms with van der Waals surface area (Å²) >= 11 is 0. The Hall–Kier alpha value is -2.77. The summed E-state index contributed by atoms with van der Waals surface area (Å²) in [5, 5.41) is 2.79. The Kier molecular flexibility index (Phi) is 13.7. The molecule has 0 aliphatic carbocycles. The molecule has 0 bridgehead atoms. The number of alkyl carbamates (subject to hydrolysis) is 1. The van der Waals surface area contributed by atoms with Gasteiger partial charge in [-0.1, -0.05) is 44.7 Å². The predicted molar refractivity (Wildman–Crippen MR) is 125 cm³/mol. The van der Waals surface area contributed by atoms with Crippen molar-refractivity contribution in [3.05, 3.63) is 29.8 Å². The molecule has 1 aromatic carbocycles. The Labute approximate surface area is 197 Å². The van der Waals surface area contributed by atoms with Crippen LogP contribution in [0.2, 0.25) is 0 Å². The van der Waals surface area contributed by atoms with E-state index in [4.69, 9.17) is 18.9 Å². The van der Waals surface area contributed by atoms with Gasteiger partial charge in [0.05, 0.1) is 25.9 Å². The Bertz CT molecular complexity index is 720. The van der Waals surface area contributed by atoms with Gasteiger partial charge in [0.25, 0.3) is 0 Å². The first-order chi connectivity index (χ1) is 15.8. The monoisotopic (exact) mass is 465 g/mol. The number of aryl methyl sites for hydroxylation is 1. The summed E-state index contributed by atoms with van der Waals surface area (Å²) in [4.78, 5) is 34.6. The van der Waals surface area contributed by atoms with Crippen molar-refractivity contribution in [2.24, 2.45) is 0 Å². The second kappa shape index (κ2) is 15.9. The van der Waals surface area contributed by atoms with Crippen molar-refractivity contribution in [2.45, 2.75) is 77.7 Å². The fourth-order valence-electron chi connectivity index (χ4n) is 3.36. The summed E-state index contributed by atoms with van der Waals surface area (Å²) in [6.07, 6.45) is 6.63. The van der Waals surface area contributed by atoms with Gasteiger partial charge < -0.3 is 24.3 Å². The van der Waals surface area contributed by atoms with E-state index in [2.05, 4.69) is 12.2 Å². The van der Waals surface area contributed by atoms with Crippen LogP contribution in [-0.2, 0) is 30.2 Å². The molecule has 0 heterocycles. The van der Waals surface area contributed by atoms with Crippen LogP contribution in [0.25, 0.3) is 0 Å². The van der Waals surface area contributed by atoms with Crippen LogP contribution in [-0.4, -0.2) is 50.5 Å². The number of benzene rings is 1. The fourth-order valence-corrected chi connectivity index (χ4v) is 3.36. The standard InChI is InChI=1S/C25H39NO7/c1-5-6-7-8-9-17-32-23-12-10-22(11-13-23)14-15-25(19-33-21(3)28,26-24(29)30-4)16-18-31-20(2)27/h10-13H,5-9,14-19H2,1-4H3,(H,26,29). The van der Waals surface area contributed by atoms with E-state index in [1.165, 1.54) is 46.6 Å². The largest absolute Gasteiger partial charge is 0.494 e. The Morgan fingerprint density at radius 2 is 1.55 bits per heavy atom. The number of carbonyl (C=O) groups excluding carboxylic acids is 3. The molecule has 1 N–H and O–H groups in total. The molecule has 0 aliphatic heterocycles. The molecule has 1 amide bonds. The van der Waals surface area contributed by atoms with E-state index < -0.39 is 23.6 Å². The minimum atomic E-state index is -0.943. The quantitative estimate of drug-likeness (QED) is 0.217. The van der Waals surface area contributed by atoms with Gasteiger partial charge in [-0.2, -0.15) is 0 Å². The number of amides is 1. The molecule has 8 heteroatoms. The number of rotatable bonds is 16. The molecule has 0 saturated carbocycles. The van der Waals surface area contributed by atoms with Gasteiger partial charge in [-0.05, 0) is 37.0 Å². The van der Waals surface area contributed by atoms with E-state index in [1.807, 2.05) is 24.3 Å². The van der Waals surface area contributed by atoms with Crippen LogP contribution in [0, 0.1) is 0 Å². The average molecular weight is 466 g/mol. The summed E-state index contributed by atoms with van der Waals surface area (Å²) in [5.41, 5.74) is 0.0960. The molecule has 1 atom stereocenters. The van der Waals surface area contributed by atoms with Crippen molar-refractivity contribution in [3.63, 3.8) is 0 Å². The van der Waals surface area contributed by atoms with Gasteiger partial charge in [-0.25, -0.2) is 4.79 Å². The van der Waals surface area contributed by atoms with Crippen LogP contribution in [0.4, 0.5) is 4.79 Å². The van der Waals surface area contributed by atoms with Gasteiger partial charge in [-0.15, -0.1) is 0 Å². The molecule has 1 aromatic rings. The van der Waals surface area contributed by atoms with Gasteiger partial charge >= 0.3 is 18.0 Å². The predicted octanol–water partition coefficient (Wildman–Crippen LogP) is 4.58. The van der Waals surface area contributed by atoms with E-state index in [9.17, 15) is 14.4 Å². The number of hydrogen-bond acceptors (Lipinski definition) is 7. The molecular formula is C25H39NO7. The highest BCUT2D eigenvalue weighted by Gasteiger charge is 2.34. The molecular weight excluding hydrogens is 426 g/mol. The van der Waals surface area contributed by atoms with E-state index in [-0.39, 0.29) is 19.6 Å². The van der Waals surface area contributed by atoms with Crippen LogP contribution in [0.3, 0.4) is 0 Å². The summed E-state index contributed by atoms with van der Waals surface area (Å²) in [6.45, 7) is 5.54. The molecule has 1 rings (SSSR count). The van der Waals surface area contributed by atoms with Crippen LogP contribution >= 0.6 is 0 Å². The number of nitrogens with one attached hydrogen (secondary N) is 1. The van der Waals surface area contributed by atoms with E-state index >= 15 is 0 Å². The zero-order valence-electron chi connectivity index (χ0n) is 20.4. The molecule has 0 saturated heterocycles. The maximum Gasteiger partial charge on any atom is 0.407 e. The van der Waals surface area contributed by atoms with Crippen LogP contribution < -0.4 is 10.1 Å². The Morgan fingerprint density at radius 1 is 0.879 bits per heavy atom. The van der Waals surface area contributed by atoms with E-state index in [1.54, 1.807) is 0 Å². The van der Waals surface area contributed by atoms with Crippen molar-refractivity contribution < 1.29 is 33.3 Å². The van der Waals surface area contributed by atoms with E-state index in [0.29, 0.717) is 19.4 Å². The Morgan fingerprint density at radius 3 is 2.15 bits per heavy atom. The number of carbonyl (C=O) groups is 3. The van der Waals surface area contributed by atoms with Crippen molar-refractivity contribution in [1.82, 2.24) is 5.32 Å². The lowest BCUT2D eigenvalue weighted by molar-refractivity contribution is -0.146. The fraction of sp³-hybridized carbons (Fsp3) is 0.640. The molecule has 1 unspecified atom stereocenters. The number of unbranched alkanes of at least 4 members (excludes halogenated alkanes) is 4. The molecule has 186 valence electrons. The lowest BCUT2D eigenvalue weighted by atomic mass is 9.88. The van der Waals surface area contributed by atoms with Gasteiger partial charge in [0.15, 0.2) is 0 Å². The molecule has 0 radical (unpaired) electrons. The number of esters is 2. The third-order valence-electron chi connectivity index (χ3n) is 5.32. The molecule has 8 nitrogen and oxygen atoms in total. The third-order valence-corrected chi connectivity index (χ3v) is 5.32. The van der Waals surface area contributed by atoms with Gasteiger partial charge in [0.2, 0.25) is 0 Å². The number of methoxy groups -OCH3 is 1. The average Bonchev–Trinajstić information content (AvgIpc) is 2.79. The zero-order chi connectivity index (χ0) is 24.5. The topological polar surface area (TPSA) is 100 Å². The summed E-state index contributed by atoms with van der Waals surface area (Å²) in [5.74, 6) is -0.0620. The smallest absolute Gasteiger partial charge is 0.407 e. The van der Waals surface area contributed by atoms with Gasteiger partial charge in [0.1, 0.15) is 12.4 Å². The second-order valence-corrected chi connectivity index (χ2v) is 8.17. The highest BCUT2D eigenvalue weighted by Crippen LogP contribution is 2.22. The first-order valence-electron chi connectivity index (χ1n) is 11.6. The van der Waals surface area contributed by atoms with Crippen LogP contribution in [0.15, 0.2) is 24.3 Å². The summed E-state index contributed by atoms with van der Waals surface area (Å²) in [7, 11) is 1.26. The van der Waals surface area contributed by atoms with Crippen LogP contribution in [0.5, 0.6) is 5.75 Å². The van der Waals surface area contributed by atoms with Gasteiger partial charge in [-0.3, -0.25) is 9.59 Å². The molecule has 0 fully saturated rings. The van der Waals surface area contributed by atoms with Gasteiger partial charge in [0, 0.05) is 20.3 Å². The highest BCUT2D eigenvalue weighted by molar-refractivity contribution is 5.69. The molecule has 0 aliphatic rings. The van der Waals surface area contributed by atoms with Crippen molar-refractivity contribution in [3.8, 4) is 5.75 Å². The molecule has 0 spiro atoms. The van der Waals surface area contributed by atoms with Crippen molar-refractivity contribution in [1.29, 1.82) is 0 Å². The third kappa shape index (κ3) is 12.7. The minimum Gasteiger partial charge on any atom is -0.494 e. The highest BCUT2D eigenvalue weighted by atomic mass is 16.5. The first-order valence-corrected chi connectivity index (χ1v) is 11.6. The number of ether oxygens (including phenoxy) is 4. The van der Waals surface area contributed by atoms with Crippen molar-refractivity contribution >= 4 is 18.0 Å². The lowest BCUT2D eigenvalue weighted by Gasteiger charge is -2.33. The second-order valence-electron chi connectivity index (χ2n) is 8.17. The normalized spacial score (nSPS) is 12.4.